The van der Waals surface area contributed by atoms with Crippen molar-refractivity contribution >= 4 is 5.91 Å². The molecule has 1 N–H and O–H groups in total. The van der Waals surface area contributed by atoms with Gasteiger partial charge in [0.2, 0.25) is 5.91 Å². The average molecular weight is 400 g/mol. The topological polar surface area (TPSA) is 66.0 Å². The van der Waals surface area contributed by atoms with E-state index in [2.05, 4.69) is 12.2 Å². The van der Waals surface area contributed by atoms with Crippen LogP contribution in [0.5, 0.6) is 0 Å². The van der Waals surface area contributed by atoms with E-state index in [0.717, 1.165) is 65.0 Å². The summed E-state index contributed by atoms with van der Waals surface area (Å²) in [6.07, 6.45) is 6.40. The molecule has 0 bridgehead atoms. The highest BCUT2D eigenvalue weighted by atomic mass is 16.5. The van der Waals surface area contributed by atoms with E-state index in [-0.39, 0.29) is 35.5 Å². The Morgan fingerprint density at radius 2 is 1.93 bits per heavy atom. The molecular formula is C22H41NO5. The second-order valence-electron chi connectivity index (χ2n) is 8.84. The Hall–Kier alpha value is -0.690. The van der Waals surface area contributed by atoms with Crippen LogP contribution in [0, 0.1) is 11.3 Å². The van der Waals surface area contributed by atoms with Gasteiger partial charge in [0, 0.05) is 31.2 Å². The highest BCUT2D eigenvalue weighted by Gasteiger charge is 2.34. The summed E-state index contributed by atoms with van der Waals surface area (Å²) in [5, 5.41) is 3.14. The fourth-order valence-electron chi connectivity index (χ4n) is 3.97. The van der Waals surface area contributed by atoms with E-state index < -0.39 is 0 Å². The van der Waals surface area contributed by atoms with Crippen molar-refractivity contribution in [3.63, 3.8) is 0 Å². The van der Waals surface area contributed by atoms with Gasteiger partial charge in [0.05, 0.1) is 38.1 Å². The van der Waals surface area contributed by atoms with Gasteiger partial charge in [-0.15, -0.1) is 0 Å². The lowest BCUT2D eigenvalue weighted by Crippen LogP contribution is -2.49. The number of amides is 1. The molecule has 3 unspecified atom stereocenters. The lowest BCUT2D eigenvalue weighted by Gasteiger charge is -2.38. The van der Waals surface area contributed by atoms with Crippen LogP contribution in [0.2, 0.25) is 0 Å². The van der Waals surface area contributed by atoms with Crippen molar-refractivity contribution in [1.82, 2.24) is 5.32 Å². The first-order valence-corrected chi connectivity index (χ1v) is 11.1. The lowest BCUT2D eigenvalue weighted by atomic mass is 9.79. The Labute approximate surface area is 171 Å². The molecule has 0 spiro atoms. The molecule has 3 atom stereocenters. The fourth-order valence-corrected chi connectivity index (χ4v) is 3.97. The van der Waals surface area contributed by atoms with Gasteiger partial charge in [-0.1, -0.05) is 27.2 Å². The van der Waals surface area contributed by atoms with E-state index in [1.807, 2.05) is 20.8 Å². The minimum Gasteiger partial charge on any atom is -0.381 e. The first-order chi connectivity index (χ1) is 13.5. The Morgan fingerprint density at radius 3 is 2.54 bits per heavy atom. The Kier molecular flexibility index (Phi) is 10.2. The van der Waals surface area contributed by atoms with Crippen LogP contribution < -0.4 is 5.32 Å². The Bertz CT molecular complexity index is 439. The smallest absolute Gasteiger partial charge is 0.222 e. The number of ether oxygens (including phenoxy) is 4. The molecule has 164 valence electrons. The molecule has 28 heavy (non-hydrogen) atoms. The molecule has 2 rings (SSSR count). The number of carbonyl (C=O) groups excluding carboxylic acids is 1. The molecule has 0 aromatic heterocycles. The first-order valence-electron chi connectivity index (χ1n) is 11.1. The highest BCUT2D eigenvalue weighted by molar-refractivity contribution is 5.78. The third-order valence-corrected chi connectivity index (χ3v) is 5.94. The first kappa shape index (κ1) is 23.6. The predicted octanol–water partition coefficient (Wildman–Crippen LogP) is 3.32. The van der Waals surface area contributed by atoms with Crippen LogP contribution in [0.25, 0.3) is 0 Å². The fraction of sp³-hybridized carbons (Fsp3) is 0.955. The van der Waals surface area contributed by atoms with E-state index >= 15 is 0 Å². The molecule has 2 fully saturated rings. The highest BCUT2D eigenvalue weighted by Crippen LogP contribution is 2.34. The van der Waals surface area contributed by atoms with Gasteiger partial charge in [0.25, 0.3) is 0 Å². The maximum atomic E-state index is 12.3. The molecule has 0 saturated carbocycles. The summed E-state index contributed by atoms with van der Waals surface area (Å²) in [6, 6.07) is -0.152. The van der Waals surface area contributed by atoms with Crippen molar-refractivity contribution < 1.29 is 23.7 Å². The van der Waals surface area contributed by atoms with Crippen molar-refractivity contribution in [2.45, 2.75) is 84.5 Å². The van der Waals surface area contributed by atoms with E-state index in [0.29, 0.717) is 13.2 Å². The summed E-state index contributed by atoms with van der Waals surface area (Å²) in [5.74, 6) is -0.0174. The predicted molar refractivity (Wildman–Crippen MR) is 109 cm³/mol. The van der Waals surface area contributed by atoms with Crippen molar-refractivity contribution in [1.29, 1.82) is 0 Å². The van der Waals surface area contributed by atoms with E-state index in [1.54, 1.807) is 0 Å². The van der Waals surface area contributed by atoms with Crippen molar-refractivity contribution in [2.24, 2.45) is 11.3 Å². The van der Waals surface area contributed by atoms with Gasteiger partial charge >= 0.3 is 0 Å². The molecule has 0 radical (unpaired) electrons. The number of nitrogens with one attached hydrogen (secondary N) is 1. The standard InChI is InChI=1S/C22H41NO5/c1-5-9-22(10-6-11-26-15-22)16-28-18(4)20(23-21(24)17(2)3)14-27-19-7-12-25-13-8-19/h17-20H,5-16H2,1-4H3,(H,23,24). The molecule has 0 aromatic rings. The van der Waals surface area contributed by atoms with Crippen molar-refractivity contribution in [3.8, 4) is 0 Å². The van der Waals surface area contributed by atoms with Crippen LogP contribution in [-0.2, 0) is 23.7 Å². The Balaban J connectivity index is 1.91. The van der Waals surface area contributed by atoms with E-state index in [4.69, 9.17) is 18.9 Å². The van der Waals surface area contributed by atoms with E-state index in [1.165, 1.54) is 0 Å². The molecule has 1 amide bonds. The third kappa shape index (κ3) is 7.62. The van der Waals surface area contributed by atoms with E-state index in [9.17, 15) is 4.79 Å². The zero-order chi connectivity index (χ0) is 20.4. The number of rotatable bonds is 11. The summed E-state index contributed by atoms with van der Waals surface area (Å²) < 4.78 is 23.6. The van der Waals surface area contributed by atoms with Crippen LogP contribution in [0.3, 0.4) is 0 Å². The molecule has 6 heteroatoms. The summed E-state index contributed by atoms with van der Waals surface area (Å²) >= 11 is 0. The van der Waals surface area contributed by atoms with Gasteiger partial charge in [0.15, 0.2) is 0 Å². The SMILES string of the molecule is CCCC1(COC(C)C(COC2CCOCC2)NC(=O)C(C)C)CCCOC1. The lowest BCUT2D eigenvalue weighted by molar-refractivity contribution is -0.130. The minimum absolute atomic E-state index is 0.0419. The van der Waals surface area contributed by atoms with Gasteiger partial charge in [-0.25, -0.2) is 0 Å². The van der Waals surface area contributed by atoms with Gasteiger partial charge in [-0.2, -0.15) is 0 Å². The van der Waals surface area contributed by atoms with Crippen molar-refractivity contribution in [3.05, 3.63) is 0 Å². The number of hydrogen-bond donors (Lipinski definition) is 1. The second kappa shape index (κ2) is 12.1. The average Bonchev–Trinajstić information content (AvgIpc) is 2.71. The van der Waals surface area contributed by atoms with Crippen molar-refractivity contribution in [2.75, 3.05) is 39.6 Å². The van der Waals surface area contributed by atoms with Crippen LogP contribution in [0.15, 0.2) is 0 Å². The van der Waals surface area contributed by atoms with Crippen LogP contribution >= 0.6 is 0 Å². The second-order valence-corrected chi connectivity index (χ2v) is 8.84. The third-order valence-electron chi connectivity index (χ3n) is 5.94. The molecule has 2 saturated heterocycles. The van der Waals surface area contributed by atoms with Gasteiger partial charge in [-0.3, -0.25) is 4.79 Å². The largest absolute Gasteiger partial charge is 0.381 e. The number of hydrogen-bond acceptors (Lipinski definition) is 5. The van der Waals surface area contributed by atoms with Gasteiger partial charge in [0.1, 0.15) is 0 Å². The monoisotopic (exact) mass is 399 g/mol. The van der Waals surface area contributed by atoms with Crippen LogP contribution in [0.4, 0.5) is 0 Å². The zero-order valence-electron chi connectivity index (χ0n) is 18.3. The molecule has 2 heterocycles. The maximum Gasteiger partial charge on any atom is 0.222 e. The molecule has 2 aliphatic rings. The zero-order valence-corrected chi connectivity index (χ0v) is 18.3. The summed E-state index contributed by atoms with van der Waals surface area (Å²) in [4.78, 5) is 12.3. The quantitative estimate of drug-likeness (QED) is 0.577. The van der Waals surface area contributed by atoms with Gasteiger partial charge < -0.3 is 24.3 Å². The molecule has 6 nitrogen and oxygen atoms in total. The Morgan fingerprint density at radius 1 is 1.18 bits per heavy atom. The molecule has 0 aliphatic carbocycles. The molecule has 2 aliphatic heterocycles. The molecular weight excluding hydrogens is 358 g/mol. The van der Waals surface area contributed by atoms with Crippen LogP contribution in [-0.4, -0.2) is 63.8 Å². The molecule has 0 aromatic carbocycles. The number of carbonyl (C=O) groups is 1. The minimum atomic E-state index is -0.152. The summed E-state index contributed by atoms with van der Waals surface area (Å²) in [6.45, 7) is 12.4. The van der Waals surface area contributed by atoms with Gasteiger partial charge in [-0.05, 0) is 39.0 Å². The summed E-state index contributed by atoms with van der Waals surface area (Å²) in [7, 11) is 0. The normalized spacial score (nSPS) is 26.2. The van der Waals surface area contributed by atoms with Crippen LogP contribution in [0.1, 0.15) is 66.2 Å². The maximum absolute atomic E-state index is 12.3. The summed E-state index contributed by atoms with van der Waals surface area (Å²) in [5.41, 5.74) is 0.107.